The summed E-state index contributed by atoms with van der Waals surface area (Å²) < 4.78 is 1.83. The monoisotopic (exact) mass is 264 g/mol. The molecule has 1 saturated heterocycles. The van der Waals surface area contributed by atoms with Crippen LogP contribution in [-0.4, -0.2) is 39.6 Å². The van der Waals surface area contributed by atoms with Gasteiger partial charge in [0.15, 0.2) is 0 Å². The van der Waals surface area contributed by atoms with Crippen molar-refractivity contribution in [1.29, 1.82) is 0 Å². The zero-order valence-corrected chi connectivity index (χ0v) is 11.6. The number of carbonyl (C=O) groups excluding carboxylic acids is 2. The molecule has 1 fully saturated rings. The fourth-order valence-electron chi connectivity index (χ4n) is 2.24. The molecule has 1 unspecified atom stereocenters. The van der Waals surface area contributed by atoms with Crippen LogP contribution in [0.3, 0.4) is 0 Å². The van der Waals surface area contributed by atoms with E-state index in [-0.39, 0.29) is 17.9 Å². The van der Waals surface area contributed by atoms with Gasteiger partial charge in [-0.1, -0.05) is 6.92 Å². The number of piperidine rings is 1. The molecule has 1 aliphatic rings. The van der Waals surface area contributed by atoms with Crippen LogP contribution < -0.4 is 5.32 Å². The van der Waals surface area contributed by atoms with Crippen molar-refractivity contribution in [3.63, 3.8) is 0 Å². The summed E-state index contributed by atoms with van der Waals surface area (Å²) in [6.07, 6.45) is 1.89. The number of likely N-dealkylation sites (tertiary alicyclic amines) is 1. The lowest BCUT2D eigenvalue weighted by molar-refractivity contribution is -0.148. The first-order valence-corrected chi connectivity index (χ1v) is 6.58. The van der Waals surface area contributed by atoms with Crippen molar-refractivity contribution in [1.82, 2.24) is 20.0 Å². The Labute approximate surface area is 112 Å². The number of likely N-dealkylation sites (N-methyl/N-ethyl adjacent to an activating group) is 1. The largest absolute Gasteiger partial charge is 0.300 e. The summed E-state index contributed by atoms with van der Waals surface area (Å²) in [5.74, 6) is -0.244. The van der Waals surface area contributed by atoms with E-state index in [0.717, 1.165) is 17.8 Å². The molecule has 6 heteroatoms. The van der Waals surface area contributed by atoms with Gasteiger partial charge in [0.25, 0.3) is 0 Å². The number of imide groups is 1. The molecule has 1 aromatic heterocycles. The minimum atomic E-state index is -0.275. The summed E-state index contributed by atoms with van der Waals surface area (Å²) >= 11 is 0. The van der Waals surface area contributed by atoms with E-state index in [9.17, 15) is 9.59 Å². The predicted octanol–water partition coefficient (Wildman–Crippen LogP) is 0.219. The SMILES string of the molecule is CCc1cc(CNC2CCC(=O)N(C)C2=O)n(C)n1. The van der Waals surface area contributed by atoms with Crippen molar-refractivity contribution in [3.05, 3.63) is 17.5 Å². The number of nitrogens with zero attached hydrogens (tertiary/aromatic N) is 3. The van der Waals surface area contributed by atoms with Crippen molar-refractivity contribution in [2.24, 2.45) is 7.05 Å². The third-order valence-corrected chi connectivity index (χ3v) is 3.57. The van der Waals surface area contributed by atoms with Crippen molar-refractivity contribution >= 4 is 11.8 Å². The Morgan fingerprint density at radius 1 is 1.42 bits per heavy atom. The van der Waals surface area contributed by atoms with E-state index in [1.165, 1.54) is 11.9 Å². The van der Waals surface area contributed by atoms with Crippen molar-refractivity contribution < 1.29 is 9.59 Å². The summed E-state index contributed by atoms with van der Waals surface area (Å²) in [7, 11) is 3.44. The molecule has 1 N–H and O–H groups in total. The van der Waals surface area contributed by atoms with E-state index in [0.29, 0.717) is 19.4 Å². The molecule has 2 heterocycles. The first-order chi connectivity index (χ1) is 9.02. The first kappa shape index (κ1) is 13.7. The van der Waals surface area contributed by atoms with Gasteiger partial charge in [0, 0.05) is 27.1 Å². The maximum Gasteiger partial charge on any atom is 0.246 e. The molecule has 0 spiro atoms. The number of hydrogen-bond acceptors (Lipinski definition) is 4. The second kappa shape index (κ2) is 5.52. The summed E-state index contributed by atoms with van der Waals surface area (Å²) in [4.78, 5) is 24.5. The number of carbonyl (C=O) groups is 2. The van der Waals surface area contributed by atoms with Gasteiger partial charge in [-0.2, -0.15) is 5.10 Å². The Hall–Kier alpha value is -1.69. The lowest BCUT2D eigenvalue weighted by Crippen LogP contribution is -2.51. The van der Waals surface area contributed by atoms with Crippen LogP contribution >= 0.6 is 0 Å². The van der Waals surface area contributed by atoms with Crippen molar-refractivity contribution in [2.75, 3.05) is 7.05 Å². The summed E-state index contributed by atoms with van der Waals surface area (Å²) in [6.45, 7) is 2.65. The molecular weight excluding hydrogens is 244 g/mol. The molecule has 1 atom stereocenters. The Kier molecular flexibility index (Phi) is 3.99. The molecule has 2 rings (SSSR count). The molecule has 0 radical (unpaired) electrons. The van der Waals surface area contributed by atoms with Crippen LogP contribution in [0.5, 0.6) is 0 Å². The van der Waals surface area contributed by atoms with Gasteiger partial charge in [-0.3, -0.25) is 19.2 Å². The lowest BCUT2D eigenvalue weighted by Gasteiger charge is -2.28. The van der Waals surface area contributed by atoms with Crippen LogP contribution in [-0.2, 0) is 29.6 Å². The number of nitrogens with one attached hydrogen (secondary N) is 1. The average Bonchev–Trinajstić information content (AvgIpc) is 2.76. The number of rotatable bonds is 4. The maximum absolute atomic E-state index is 11.9. The molecule has 104 valence electrons. The Bertz CT molecular complexity index is 495. The zero-order valence-electron chi connectivity index (χ0n) is 11.6. The molecule has 0 bridgehead atoms. The van der Waals surface area contributed by atoms with E-state index in [2.05, 4.69) is 17.3 Å². The Morgan fingerprint density at radius 3 is 2.79 bits per heavy atom. The fourth-order valence-corrected chi connectivity index (χ4v) is 2.24. The van der Waals surface area contributed by atoms with Gasteiger partial charge in [-0.15, -0.1) is 0 Å². The van der Waals surface area contributed by atoms with E-state index in [4.69, 9.17) is 0 Å². The highest BCUT2D eigenvalue weighted by Gasteiger charge is 2.31. The molecule has 1 aromatic rings. The van der Waals surface area contributed by atoms with Crippen LogP contribution in [0, 0.1) is 0 Å². The fraction of sp³-hybridized carbons (Fsp3) is 0.615. The molecule has 0 saturated carbocycles. The van der Waals surface area contributed by atoms with Crippen LogP contribution in [0.25, 0.3) is 0 Å². The maximum atomic E-state index is 11.9. The number of aryl methyl sites for hydroxylation is 2. The highest BCUT2D eigenvalue weighted by molar-refractivity contribution is 6.00. The quantitative estimate of drug-likeness (QED) is 0.790. The van der Waals surface area contributed by atoms with Gasteiger partial charge in [-0.05, 0) is 18.9 Å². The second-order valence-corrected chi connectivity index (χ2v) is 4.87. The summed E-state index contributed by atoms with van der Waals surface area (Å²) in [5, 5.41) is 7.58. The van der Waals surface area contributed by atoms with Gasteiger partial charge in [0.2, 0.25) is 11.8 Å². The third-order valence-electron chi connectivity index (χ3n) is 3.57. The molecule has 19 heavy (non-hydrogen) atoms. The number of hydrogen-bond donors (Lipinski definition) is 1. The topological polar surface area (TPSA) is 67.2 Å². The number of aromatic nitrogens is 2. The minimum Gasteiger partial charge on any atom is -0.300 e. The molecule has 0 aliphatic carbocycles. The first-order valence-electron chi connectivity index (χ1n) is 6.58. The average molecular weight is 264 g/mol. The van der Waals surface area contributed by atoms with Crippen molar-refractivity contribution in [2.45, 2.75) is 38.8 Å². The summed E-state index contributed by atoms with van der Waals surface area (Å²) in [5.41, 5.74) is 2.09. The zero-order chi connectivity index (χ0) is 14.0. The second-order valence-electron chi connectivity index (χ2n) is 4.87. The van der Waals surface area contributed by atoms with Gasteiger partial charge < -0.3 is 5.32 Å². The van der Waals surface area contributed by atoms with Gasteiger partial charge in [-0.25, -0.2) is 0 Å². The van der Waals surface area contributed by atoms with Crippen LogP contribution in [0.2, 0.25) is 0 Å². The van der Waals surface area contributed by atoms with Gasteiger partial charge >= 0.3 is 0 Å². The minimum absolute atomic E-state index is 0.100. The molecule has 0 aromatic carbocycles. The van der Waals surface area contributed by atoms with E-state index in [1.807, 2.05) is 17.8 Å². The molecule has 6 nitrogen and oxygen atoms in total. The molecule has 2 amide bonds. The van der Waals surface area contributed by atoms with Crippen LogP contribution in [0.4, 0.5) is 0 Å². The summed E-state index contributed by atoms with van der Waals surface area (Å²) in [6, 6.07) is 1.76. The lowest BCUT2D eigenvalue weighted by atomic mass is 10.0. The highest BCUT2D eigenvalue weighted by Crippen LogP contribution is 2.12. The normalized spacial score (nSPS) is 20.2. The highest BCUT2D eigenvalue weighted by atomic mass is 16.2. The Balaban J connectivity index is 1.96. The van der Waals surface area contributed by atoms with E-state index < -0.39 is 0 Å². The standard InChI is InChI=1S/C13H20N4O2/c1-4-9-7-10(17(3)15-9)8-14-11-5-6-12(18)16(2)13(11)19/h7,11,14H,4-6,8H2,1-3H3. The molecular formula is C13H20N4O2. The third kappa shape index (κ3) is 2.84. The van der Waals surface area contributed by atoms with Crippen molar-refractivity contribution in [3.8, 4) is 0 Å². The predicted molar refractivity (Wildman–Crippen MR) is 70.2 cm³/mol. The Morgan fingerprint density at radius 2 is 2.16 bits per heavy atom. The van der Waals surface area contributed by atoms with Crippen LogP contribution in [0.1, 0.15) is 31.2 Å². The number of amides is 2. The van der Waals surface area contributed by atoms with Crippen LogP contribution in [0.15, 0.2) is 6.07 Å². The van der Waals surface area contributed by atoms with Gasteiger partial charge in [0.05, 0.1) is 17.4 Å². The molecule has 1 aliphatic heterocycles. The van der Waals surface area contributed by atoms with E-state index in [1.54, 1.807) is 0 Å². The van der Waals surface area contributed by atoms with E-state index >= 15 is 0 Å². The van der Waals surface area contributed by atoms with Gasteiger partial charge in [0.1, 0.15) is 0 Å². The smallest absolute Gasteiger partial charge is 0.246 e.